The molecule has 0 spiro atoms. The van der Waals surface area contributed by atoms with Crippen molar-refractivity contribution in [1.82, 2.24) is 9.78 Å². The summed E-state index contributed by atoms with van der Waals surface area (Å²) in [5, 5.41) is 4.84. The molecule has 4 nitrogen and oxygen atoms in total. The van der Waals surface area contributed by atoms with E-state index in [1.807, 2.05) is 52.0 Å². The first-order chi connectivity index (χ1) is 9.88. The number of hydrogen-bond donors (Lipinski definition) is 0. The molecule has 2 rings (SSSR count). The lowest BCUT2D eigenvalue weighted by atomic mass is 9.90. The average Bonchev–Trinajstić information content (AvgIpc) is 2.77. The summed E-state index contributed by atoms with van der Waals surface area (Å²) in [5.74, 6) is 0.788. The van der Waals surface area contributed by atoms with Crippen molar-refractivity contribution in [2.24, 2.45) is 0 Å². The molecule has 0 fully saturated rings. The summed E-state index contributed by atoms with van der Waals surface area (Å²) in [7, 11) is 0. The van der Waals surface area contributed by atoms with Crippen molar-refractivity contribution in [3.05, 3.63) is 40.7 Å². The second-order valence-corrected chi connectivity index (χ2v) is 6.12. The van der Waals surface area contributed by atoms with E-state index in [4.69, 9.17) is 16.3 Å². The predicted molar refractivity (Wildman–Crippen MR) is 83.8 cm³/mol. The highest BCUT2D eigenvalue weighted by molar-refractivity contribution is 6.32. The molecule has 0 unspecified atom stereocenters. The van der Waals surface area contributed by atoms with Gasteiger partial charge in [-0.05, 0) is 31.2 Å². The van der Waals surface area contributed by atoms with Crippen LogP contribution in [0.25, 0.3) is 5.69 Å². The third-order valence-electron chi connectivity index (χ3n) is 3.08. The Morgan fingerprint density at radius 3 is 2.33 bits per heavy atom. The van der Waals surface area contributed by atoms with Crippen molar-refractivity contribution in [1.29, 1.82) is 0 Å². The van der Waals surface area contributed by atoms with E-state index in [1.54, 1.807) is 4.68 Å². The Morgan fingerprint density at radius 1 is 1.29 bits per heavy atom. The van der Waals surface area contributed by atoms with Gasteiger partial charge in [-0.1, -0.05) is 32.4 Å². The lowest BCUT2D eigenvalue weighted by molar-refractivity contribution is 0.112. The van der Waals surface area contributed by atoms with E-state index in [1.165, 1.54) is 0 Å². The summed E-state index contributed by atoms with van der Waals surface area (Å²) >= 11 is 6.31. The largest absolute Gasteiger partial charge is 0.494 e. The summed E-state index contributed by atoms with van der Waals surface area (Å²) < 4.78 is 7.00. The predicted octanol–water partition coefficient (Wildman–Crippen LogP) is 4.03. The highest BCUT2D eigenvalue weighted by Gasteiger charge is 2.26. The molecular formula is C16H19ClN2O2. The number of rotatable bonds is 4. The van der Waals surface area contributed by atoms with Crippen molar-refractivity contribution in [2.45, 2.75) is 33.1 Å². The Balaban J connectivity index is 2.49. The molecule has 0 amide bonds. The Morgan fingerprint density at radius 2 is 1.90 bits per heavy atom. The molecule has 0 aliphatic heterocycles. The van der Waals surface area contributed by atoms with Crippen molar-refractivity contribution in [3.63, 3.8) is 0 Å². The van der Waals surface area contributed by atoms with Crippen LogP contribution in [-0.4, -0.2) is 22.7 Å². The molecule has 1 heterocycles. The molecule has 0 saturated heterocycles. The zero-order valence-corrected chi connectivity index (χ0v) is 13.4. The third kappa shape index (κ3) is 3.10. The molecule has 2 aromatic rings. The van der Waals surface area contributed by atoms with Gasteiger partial charge in [0.1, 0.15) is 10.9 Å². The van der Waals surface area contributed by atoms with Gasteiger partial charge in [0.15, 0.2) is 6.29 Å². The first kappa shape index (κ1) is 15.6. The van der Waals surface area contributed by atoms with Crippen LogP contribution in [0.15, 0.2) is 24.3 Å². The molecule has 5 heteroatoms. The van der Waals surface area contributed by atoms with Crippen LogP contribution < -0.4 is 4.74 Å². The van der Waals surface area contributed by atoms with Gasteiger partial charge in [0.05, 0.1) is 23.6 Å². The highest BCUT2D eigenvalue weighted by Crippen LogP contribution is 2.30. The lowest BCUT2D eigenvalue weighted by Crippen LogP contribution is -2.14. The van der Waals surface area contributed by atoms with Gasteiger partial charge in [-0.2, -0.15) is 5.10 Å². The summed E-state index contributed by atoms with van der Waals surface area (Å²) in [5.41, 5.74) is 1.67. The quantitative estimate of drug-likeness (QED) is 0.801. The maximum atomic E-state index is 11.3. The number of ether oxygens (including phenoxy) is 1. The van der Waals surface area contributed by atoms with Crippen molar-refractivity contribution < 1.29 is 9.53 Å². The molecule has 0 aliphatic carbocycles. The van der Waals surface area contributed by atoms with E-state index in [0.717, 1.165) is 17.7 Å². The topological polar surface area (TPSA) is 44.1 Å². The smallest absolute Gasteiger partial charge is 0.155 e. The van der Waals surface area contributed by atoms with Gasteiger partial charge in [-0.25, -0.2) is 4.68 Å². The van der Waals surface area contributed by atoms with E-state index in [2.05, 4.69) is 5.10 Å². The first-order valence-corrected chi connectivity index (χ1v) is 7.23. The van der Waals surface area contributed by atoms with Crippen LogP contribution in [-0.2, 0) is 5.41 Å². The Bertz CT molecular complexity index is 640. The number of benzene rings is 1. The van der Waals surface area contributed by atoms with Gasteiger partial charge in [-0.15, -0.1) is 0 Å². The molecule has 0 N–H and O–H groups in total. The van der Waals surface area contributed by atoms with Crippen molar-refractivity contribution in [2.75, 3.05) is 6.61 Å². The summed E-state index contributed by atoms with van der Waals surface area (Å²) in [6, 6.07) is 7.44. The maximum absolute atomic E-state index is 11.3. The van der Waals surface area contributed by atoms with Crippen LogP contribution >= 0.6 is 11.6 Å². The maximum Gasteiger partial charge on any atom is 0.155 e. The number of aldehydes is 1. The van der Waals surface area contributed by atoms with Crippen LogP contribution in [0.5, 0.6) is 5.75 Å². The standard InChI is InChI=1S/C16H19ClN2O2/c1-5-21-12-8-6-11(7-9-12)19-15(17)13(10-20)14(18-19)16(2,3)4/h6-10H,5H2,1-4H3. The highest BCUT2D eigenvalue weighted by atomic mass is 35.5. The Hall–Kier alpha value is -1.81. The Kier molecular flexibility index (Phi) is 4.37. The molecule has 1 aromatic carbocycles. The molecule has 0 atom stereocenters. The average molecular weight is 307 g/mol. The van der Waals surface area contributed by atoms with Gasteiger partial charge in [0.25, 0.3) is 0 Å². The molecular weight excluding hydrogens is 288 g/mol. The van der Waals surface area contributed by atoms with E-state index in [-0.39, 0.29) is 5.41 Å². The fourth-order valence-corrected chi connectivity index (χ4v) is 2.36. The van der Waals surface area contributed by atoms with Crippen LogP contribution in [0.4, 0.5) is 0 Å². The molecule has 112 valence electrons. The SMILES string of the molecule is CCOc1ccc(-n2nc(C(C)(C)C)c(C=O)c2Cl)cc1. The van der Waals surface area contributed by atoms with Crippen LogP contribution in [0, 0.1) is 0 Å². The normalized spacial score (nSPS) is 11.5. The van der Waals surface area contributed by atoms with Gasteiger partial charge in [-0.3, -0.25) is 4.79 Å². The number of nitrogens with zero attached hydrogens (tertiary/aromatic N) is 2. The number of halogens is 1. The lowest BCUT2D eigenvalue weighted by Gasteiger charge is -2.15. The first-order valence-electron chi connectivity index (χ1n) is 6.86. The fourth-order valence-electron chi connectivity index (χ4n) is 2.09. The monoisotopic (exact) mass is 306 g/mol. The van der Waals surface area contributed by atoms with Crippen molar-refractivity contribution >= 4 is 17.9 Å². The molecule has 21 heavy (non-hydrogen) atoms. The third-order valence-corrected chi connectivity index (χ3v) is 3.45. The van der Waals surface area contributed by atoms with Gasteiger partial charge >= 0.3 is 0 Å². The molecule has 1 aromatic heterocycles. The number of carbonyl (C=O) groups excluding carboxylic acids is 1. The molecule has 0 radical (unpaired) electrons. The minimum atomic E-state index is -0.254. The second kappa shape index (κ2) is 5.90. The van der Waals surface area contributed by atoms with Gasteiger partial charge in [0.2, 0.25) is 0 Å². The fraction of sp³-hybridized carbons (Fsp3) is 0.375. The number of hydrogen-bond acceptors (Lipinski definition) is 3. The minimum Gasteiger partial charge on any atom is -0.494 e. The molecule has 0 saturated carbocycles. The number of carbonyl (C=O) groups is 1. The van der Waals surface area contributed by atoms with Crippen LogP contribution in [0.1, 0.15) is 43.7 Å². The van der Waals surface area contributed by atoms with Gasteiger partial charge in [0, 0.05) is 5.41 Å². The minimum absolute atomic E-state index is 0.254. The Labute approximate surface area is 129 Å². The second-order valence-electron chi connectivity index (χ2n) is 5.76. The van der Waals surface area contributed by atoms with E-state index < -0.39 is 0 Å². The zero-order valence-electron chi connectivity index (χ0n) is 12.7. The van der Waals surface area contributed by atoms with E-state index >= 15 is 0 Å². The van der Waals surface area contributed by atoms with Crippen LogP contribution in [0.3, 0.4) is 0 Å². The number of aromatic nitrogens is 2. The molecule has 0 bridgehead atoms. The van der Waals surface area contributed by atoms with E-state index in [0.29, 0.717) is 23.0 Å². The van der Waals surface area contributed by atoms with E-state index in [9.17, 15) is 4.79 Å². The molecule has 0 aliphatic rings. The summed E-state index contributed by atoms with van der Waals surface area (Å²) in [4.78, 5) is 11.3. The zero-order chi connectivity index (χ0) is 15.6. The van der Waals surface area contributed by atoms with Crippen LogP contribution in [0.2, 0.25) is 5.15 Å². The van der Waals surface area contributed by atoms with Crippen molar-refractivity contribution in [3.8, 4) is 11.4 Å². The summed E-state index contributed by atoms with van der Waals surface area (Å²) in [6.07, 6.45) is 0.765. The summed E-state index contributed by atoms with van der Waals surface area (Å²) in [6.45, 7) is 8.55. The van der Waals surface area contributed by atoms with Gasteiger partial charge < -0.3 is 4.74 Å².